The van der Waals surface area contributed by atoms with Gasteiger partial charge in [-0.3, -0.25) is 9.59 Å². The Bertz CT molecular complexity index is 1620. The number of aliphatic hydroxyl groups is 1. The summed E-state index contributed by atoms with van der Waals surface area (Å²) in [5.74, 6) is -2.82. The van der Waals surface area contributed by atoms with Crippen molar-refractivity contribution in [1.82, 2.24) is 4.57 Å². The number of aromatic nitrogens is 1. The van der Waals surface area contributed by atoms with Gasteiger partial charge in [0.05, 0.1) is 0 Å². The molecule has 1 N–H and O–H groups in total. The molecule has 4 rings (SSSR count). The fourth-order valence-electron chi connectivity index (χ4n) is 4.45. The molecular formula is C32H31NO7. The summed E-state index contributed by atoms with van der Waals surface area (Å²) in [5, 5.41) is 11.5. The molecule has 0 spiro atoms. The number of aliphatic hydroxyl groups excluding tert-OH is 1. The summed E-state index contributed by atoms with van der Waals surface area (Å²) in [6, 6.07) is 19.6. The smallest absolute Gasteiger partial charge is 0.379 e. The summed E-state index contributed by atoms with van der Waals surface area (Å²) < 4.78 is 12.0. The number of nitrogens with zero attached hydrogens (tertiary/aromatic N) is 1. The Hall–Kier alpha value is -4.56. The van der Waals surface area contributed by atoms with Gasteiger partial charge in [0.1, 0.15) is 19.3 Å². The third-order valence-electron chi connectivity index (χ3n) is 6.74. The summed E-state index contributed by atoms with van der Waals surface area (Å²) in [4.78, 5) is 50.0. The molecule has 0 bridgehead atoms. The Morgan fingerprint density at radius 3 is 1.95 bits per heavy atom. The summed E-state index contributed by atoms with van der Waals surface area (Å²) in [6.45, 7) is 8.16. The average molecular weight is 542 g/mol. The van der Waals surface area contributed by atoms with Crippen LogP contribution in [0.3, 0.4) is 0 Å². The number of esters is 2. The van der Waals surface area contributed by atoms with Gasteiger partial charge in [0.25, 0.3) is 5.78 Å². The summed E-state index contributed by atoms with van der Waals surface area (Å²) >= 11 is 0. The fourth-order valence-corrected chi connectivity index (χ4v) is 4.45. The lowest BCUT2D eigenvalue weighted by molar-refractivity contribution is -0.147. The van der Waals surface area contributed by atoms with E-state index in [0.717, 1.165) is 28.2 Å². The zero-order valence-corrected chi connectivity index (χ0v) is 22.7. The lowest BCUT2D eigenvalue weighted by Crippen LogP contribution is -2.28. The Morgan fingerprint density at radius 2 is 1.38 bits per heavy atom. The number of Topliss-reactive ketones (excluding diaryl/α,β-unsaturated/α-hetero) is 1. The van der Waals surface area contributed by atoms with Gasteiger partial charge in [-0.2, -0.15) is 0 Å². The monoisotopic (exact) mass is 541 g/mol. The van der Waals surface area contributed by atoms with Crippen molar-refractivity contribution in [3.8, 4) is 0 Å². The van der Waals surface area contributed by atoms with Gasteiger partial charge >= 0.3 is 11.9 Å². The molecule has 0 saturated carbocycles. The van der Waals surface area contributed by atoms with Gasteiger partial charge in [0, 0.05) is 50.1 Å². The van der Waals surface area contributed by atoms with Crippen LogP contribution in [-0.2, 0) is 19.1 Å². The van der Waals surface area contributed by atoms with Crippen LogP contribution in [0.1, 0.15) is 59.5 Å². The predicted molar refractivity (Wildman–Crippen MR) is 151 cm³/mol. The second kappa shape index (κ2) is 12.1. The minimum Gasteiger partial charge on any atom is -0.459 e. The van der Waals surface area contributed by atoms with Gasteiger partial charge in [-0.1, -0.05) is 43.8 Å². The van der Waals surface area contributed by atoms with Crippen molar-refractivity contribution in [3.63, 3.8) is 0 Å². The largest absolute Gasteiger partial charge is 0.459 e. The highest BCUT2D eigenvalue weighted by Gasteiger charge is 2.23. The molecule has 4 aromatic rings. The van der Waals surface area contributed by atoms with Crippen LogP contribution in [0.2, 0.25) is 0 Å². The van der Waals surface area contributed by atoms with Gasteiger partial charge < -0.3 is 19.1 Å². The van der Waals surface area contributed by atoms with Crippen LogP contribution in [0.25, 0.3) is 21.8 Å². The SMILES string of the molecule is C=C(C)C(=O)OCC(O)COC(=O)C(=O)c1ccc2c(c1)c1cc(C(=O)c3ccccc3)ccc1n2C(C)CC. The highest BCUT2D eigenvalue weighted by atomic mass is 16.6. The number of fused-ring (bicyclic) bond motifs is 3. The van der Waals surface area contributed by atoms with E-state index in [2.05, 4.69) is 25.0 Å². The molecule has 0 aliphatic heterocycles. The molecule has 206 valence electrons. The molecule has 8 heteroatoms. The zero-order chi connectivity index (χ0) is 29.0. The van der Waals surface area contributed by atoms with Crippen molar-refractivity contribution in [2.45, 2.75) is 39.3 Å². The predicted octanol–water partition coefficient (Wildman–Crippen LogP) is 5.20. The Balaban J connectivity index is 1.64. The first kappa shape index (κ1) is 28.4. The number of carbonyl (C=O) groups is 4. The zero-order valence-electron chi connectivity index (χ0n) is 22.7. The third kappa shape index (κ3) is 5.87. The van der Waals surface area contributed by atoms with Crippen molar-refractivity contribution in [2.75, 3.05) is 13.2 Å². The van der Waals surface area contributed by atoms with Gasteiger partial charge in [-0.15, -0.1) is 0 Å². The van der Waals surface area contributed by atoms with E-state index in [1.807, 2.05) is 30.3 Å². The maximum absolute atomic E-state index is 13.2. The molecular weight excluding hydrogens is 510 g/mol. The van der Waals surface area contributed by atoms with Crippen LogP contribution >= 0.6 is 0 Å². The molecule has 1 heterocycles. The van der Waals surface area contributed by atoms with E-state index in [9.17, 15) is 24.3 Å². The van der Waals surface area contributed by atoms with Gasteiger partial charge in [-0.25, -0.2) is 9.59 Å². The molecule has 8 nitrogen and oxygen atoms in total. The number of hydrogen-bond donors (Lipinski definition) is 1. The van der Waals surface area contributed by atoms with Crippen LogP contribution in [0.15, 0.2) is 78.9 Å². The highest BCUT2D eigenvalue weighted by molar-refractivity contribution is 6.41. The second-order valence-corrected chi connectivity index (χ2v) is 9.75. The van der Waals surface area contributed by atoms with Crippen LogP contribution in [0.4, 0.5) is 0 Å². The maximum Gasteiger partial charge on any atom is 0.379 e. The van der Waals surface area contributed by atoms with Gasteiger partial charge in [0.2, 0.25) is 0 Å². The maximum atomic E-state index is 13.2. The second-order valence-electron chi connectivity index (χ2n) is 9.75. The van der Waals surface area contributed by atoms with E-state index >= 15 is 0 Å². The molecule has 2 atom stereocenters. The van der Waals surface area contributed by atoms with E-state index in [0.29, 0.717) is 11.1 Å². The number of hydrogen-bond acceptors (Lipinski definition) is 7. The number of ketones is 2. The molecule has 0 saturated heterocycles. The van der Waals surface area contributed by atoms with Crippen LogP contribution < -0.4 is 0 Å². The van der Waals surface area contributed by atoms with E-state index in [-0.39, 0.29) is 23.0 Å². The topological polar surface area (TPSA) is 112 Å². The van der Waals surface area contributed by atoms with Crippen LogP contribution in [-0.4, -0.2) is 52.5 Å². The van der Waals surface area contributed by atoms with E-state index in [1.165, 1.54) is 6.92 Å². The standard InChI is InChI=1S/C32H31NO7/c1-5-20(4)33-27-13-11-22(29(35)21-9-7-6-8-10-21)15-25(27)26-16-23(12-14-28(26)33)30(36)32(38)40-18-24(34)17-39-31(37)19(2)3/h6-16,20,24,34H,2,5,17-18H2,1,3-4H3. The van der Waals surface area contributed by atoms with Crippen LogP contribution in [0, 0.1) is 0 Å². The molecule has 2 unspecified atom stereocenters. The molecule has 3 aromatic carbocycles. The fraction of sp³-hybridized carbons (Fsp3) is 0.250. The number of carbonyl (C=O) groups excluding carboxylic acids is 4. The first-order valence-corrected chi connectivity index (χ1v) is 13.0. The minimum absolute atomic E-state index is 0.115. The Labute approximate surface area is 231 Å². The van der Waals surface area contributed by atoms with Crippen molar-refractivity contribution in [2.24, 2.45) is 0 Å². The Morgan fingerprint density at radius 1 is 0.825 bits per heavy atom. The van der Waals surface area contributed by atoms with Crippen molar-refractivity contribution in [3.05, 3.63) is 95.6 Å². The normalized spacial score (nSPS) is 12.6. The quantitative estimate of drug-likeness (QED) is 0.120. The first-order chi connectivity index (χ1) is 19.1. The van der Waals surface area contributed by atoms with Crippen molar-refractivity contribution < 1.29 is 33.8 Å². The third-order valence-corrected chi connectivity index (χ3v) is 6.74. The average Bonchev–Trinajstić information content (AvgIpc) is 3.30. The molecule has 0 aliphatic rings. The van der Waals surface area contributed by atoms with Crippen molar-refractivity contribution in [1.29, 1.82) is 0 Å². The molecule has 40 heavy (non-hydrogen) atoms. The van der Waals surface area contributed by atoms with E-state index in [1.54, 1.807) is 36.4 Å². The van der Waals surface area contributed by atoms with Crippen molar-refractivity contribution >= 4 is 45.3 Å². The Kier molecular flexibility index (Phi) is 8.60. The molecule has 0 aliphatic carbocycles. The molecule has 0 fully saturated rings. The lowest BCUT2D eigenvalue weighted by Gasteiger charge is -2.15. The van der Waals surface area contributed by atoms with E-state index < -0.39 is 37.0 Å². The summed E-state index contributed by atoms with van der Waals surface area (Å²) in [6.07, 6.45) is -0.433. The molecule has 1 aromatic heterocycles. The lowest BCUT2D eigenvalue weighted by atomic mass is 10.0. The van der Waals surface area contributed by atoms with Gasteiger partial charge in [0.15, 0.2) is 5.78 Å². The molecule has 0 amide bonds. The van der Waals surface area contributed by atoms with E-state index in [4.69, 9.17) is 9.47 Å². The molecule has 0 radical (unpaired) electrons. The number of benzene rings is 3. The first-order valence-electron chi connectivity index (χ1n) is 13.0. The summed E-state index contributed by atoms with van der Waals surface area (Å²) in [5.41, 5.74) is 3.15. The number of ether oxygens (including phenoxy) is 2. The van der Waals surface area contributed by atoms with Gasteiger partial charge in [-0.05, 0) is 56.7 Å². The summed E-state index contributed by atoms with van der Waals surface area (Å²) in [7, 11) is 0. The van der Waals surface area contributed by atoms with Crippen LogP contribution in [0.5, 0.6) is 0 Å². The number of rotatable bonds is 11. The minimum atomic E-state index is -1.29. The highest BCUT2D eigenvalue weighted by Crippen LogP contribution is 2.34.